The zero-order valence-corrected chi connectivity index (χ0v) is 16.5. The highest BCUT2D eigenvalue weighted by molar-refractivity contribution is 5.85. The van der Waals surface area contributed by atoms with Gasteiger partial charge in [0.1, 0.15) is 5.75 Å². The lowest BCUT2D eigenvalue weighted by Crippen LogP contribution is -2.43. The standard InChI is InChI=1S/C22H29NO2.ClH/c1-23(16-18-9-4-3-5-10-18)17-20-11-6-7-14-22(20,24)19-12-8-13-21(15-19)25-2;/h3-5,8-10,12-13,15,20,24H,6-7,11,14,16-17H2,1-2H3;1H/t20?,22-;/m0./s1. The Kier molecular flexibility index (Phi) is 7.51. The average Bonchev–Trinajstić information content (AvgIpc) is 2.64. The van der Waals surface area contributed by atoms with E-state index in [2.05, 4.69) is 36.2 Å². The topological polar surface area (TPSA) is 32.7 Å². The van der Waals surface area contributed by atoms with Gasteiger partial charge in [0.2, 0.25) is 0 Å². The first-order chi connectivity index (χ1) is 12.1. The Balaban J connectivity index is 0.00000243. The van der Waals surface area contributed by atoms with Crippen LogP contribution >= 0.6 is 12.4 Å². The third-order valence-corrected chi connectivity index (χ3v) is 5.43. The zero-order valence-electron chi connectivity index (χ0n) is 15.7. The van der Waals surface area contributed by atoms with Crippen LogP contribution in [-0.4, -0.2) is 30.7 Å². The van der Waals surface area contributed by atoms with Crippen molar-refractivity contribution >= 4 is 12.4 Å². The highest BCUT2D eigenvalue weighted by Crippen LogP contribution is 2.42. The largest absolute Gasteiger partial charge is 0.497 e. The minimum Gasteiger partial charge on any atom is -0.497 e. The molecular formula is C22H30ClNO2. The second kappa shape index (κ2) is 9.40. The predicted octanol–water partition coefficient (Wildman–Crippen LogP) is 4.63. The number of hydrogen-bond donors (Lipinski definition) is 1. The van der Waals surface area contributed by atoms with Crippen LogP contribution in [0.2, 0.25) is 0 Å². The smallest absolute Gasteiger partial charge is 0.119 e. The van der Waals surface area contributed by atoms with Crippen LogP contribution in [0.4, 0.5) is 0 Å². The molecule has 0 radical (unpaired) electrons. The molecule has 4 heteroatoms. The van der Waals surface area contributed by atoms with E-state index in [0.29, 0.717) is 0 Å². The number of rotatable bonds is 6. The molecule has 0 heterocycles. The Morgan fingerprint density at radius 1 is 1.12 bits per heavy atom. The van der Waals surface area contributed by atoms with E-state index >= 15 is 0 Å². The maximum atomic E-state index is 11.6. The first-order valence-electron chi connectivity index (χ1n) is 9.21. The lowest BCUT2D eigenvalue weighted by molar-refractivity contribution is -0.0643. The van der Waals surface area contributed by atoms with Crippen LogP contribution in [0.5, 0.6) is 5.75 Å². The van der Waals surface area contributed by atoms with Crippen molar-refractivity contribution in [1.29, 1.82) is 0 Å². The molecule has 0 spiro atoms. The van der Waals surface area contributed by atoms with Crippen LogP contribution in [0, 0.1) is 5.92 Å². The first kappa shape index (κ1) is 20.8. The molecule has 0 aliphatic heterocycles. The Morgan fingerprint density at radius 2 is 1.88 bits per heavy atom. The summed E-state index contributed by atoms with van der Waals surface area (Å²) in [6.45, 7) is 1.80. The summed E-state index contributed by atoms with van der Waals surface area (Å²) in [6, 6.07) is 18.5. The van der Waals surface area contributed by atoms with E-state index in [1.807, 2.05) is 30.3 Å². The second-order valence-corrected chi connectivity index (χ2v) is 7.28. The summed E-state index contributed by atoms with van der Waals surface area (Å²) < 4.78 is 5.36. The number of halogens is 1. The zero-order chi connectivity index (χ0) is 17.7. The third kappa shape index (κ3) is 4.79. The number of aliphatic hydroxyl groups is 1. The first-order valence-corrected chi connectivity index (χ1v) is 9.21. The van der Waals surface area contributed by atoms with Gasteiger partial charge in [-0.2, -0.15) is 0 Å². The average molecular weight is 376 g/mol. The number of methoxy groups -OCH3 is 1. The monoisotopic (exact) mass is 375 g/mol. The van der Waals surface area contributed by atoms with Crippen molar-refractivity contribution in [2.45, 2.75) is 37.8 Å². The van der Waals surface area contributed by atoms with Gasteiger partial charge in [-0.3, -0.25) is 0 Å². The molecule has 2 atom stereocenters. The minimum atomic E-state index is -0.766. The Bertz CT molecular complexity index is 679. The molecule has 3 rings (SSSR count). The molecule has 26 heavy (non-hydrogen) atoms. The Morgan fingerprint density at radius 3 is 2.62 bits per heavy atom. The maximum absolute atomic E-state index is 11.6. The van der Waals surface area contributed by atoms with Gasteiger partial charge in [0, 0.05) is 19.0 Å². The van der Waals surface area contributed by atoms with Gasteiger partial charge in [-0.15, -0.1) is 12.4 Å². The molecule has 142 valence electrons. The molecule has 1 fully saturated rings. The predicted molar refractivity (Wildman–Crippen MR) is 109 cm³/mol. The summed E-state index contributed by atoms with van der Waals surface area (Å²) in [7, 11) is 3.82. The van der Waals surface area contributed by atoms with Gasteiger partial charge in [0.25, 0.3) is 0 Å². The molecule has 0 amide bonds. The van der Waals surface area contributed by atoms with Crippen LogP contribution < -0.4 is 4.74 Å². The summed E-state index contributed by atoms with van der Waals surface area (Å²) in [5.41, 5.74) is 1.54. The van der Waals surface area contributed by atoms with Crippen molar-refractivity contribution in [2.24, 2.45) is 5.92 Å². The van der Waals surface area contributed by atoms with Gasteiger partial charge in [0.05, 0.1) is 12.7 Å². The molecule has 1 saturated carbocycles. The summed E-state index contributed by atoms with van der Waals surface area (Å²) >= 11 is 0. The van der Waals surface area contributed by atoms with Gasteiger partial charge in [0.15, 0.2) is 0 Å². The Labute approximate surface area is 163 Å². The van der Waals surface area contributed by atoms with Gasteiger partial charge in [-0.05, 0) is 43.1 Å². The number of benzene rings is 2. The summed E-state index contributed by atoms with van der Waals surface area (Å²) in [5.74, 6) is 1.05. The van der Waals surface area contributed by atoms with Crippen LogP contribution in [0.25, 0.3) is 0 Å². The molecule has 1 N–H and O–H groups in total. The normalized spacial score (nSPS) is 22.7. The van der Waals surface area contributed by atoms with Gasteiger partial charge in [-0.25, -0.2) is 0 Å². The van der Waals surface area contributed by atoms with E-state index in [0.717, 1.165) is 43.7 Å². The lowest BCUT2D eigenvalue weighted by atomic mass is 9.71. The number of hydrogen-bond acceptors (Lipinski definition) is 3. The number of nitrogens with zero attached hydrogens (tertiary/aromatic N) is 1. The van der Waals surface area contributed by atoms with Crippen LogP contribution in [0.15, 0.2) is 54.6 Å². The van der Waals surface area contributed by atoms with Crippen LogP contribution in [0.3, 0.4) is 0 Å². The van der Waals surface area contributed by atoms with Crippen LogP contribution in [-0.2, 0) is 12.1 Å². The molecule has 0 bridgehead atoms. The molecule has 1 aliphatic carbocycles. The van der Waals surface area contributed by atoms with E-state index in [4.69, 9.17) is 4.74 Å². The quantitative estimate of drug-likeness (QED) is 0.799. The Hall–Kier alpha value is -1.55. The van der Waals surface area contributed by atoms with Crippen molar-refractivity contribution in [1.82, 2.24) is 4.90 Å². The third-order valence-electron chi connectivity index (χ3n) is 5.43. The van der Waals surface area contributed by atoms with E-state index in [1.54, 1.807) is 7.11 Å². The van der Waals surface area contributed by atoms with E-state index in [9.17, 15) is 5.11 Å². The molecule has 1 aliphatic rings. The van der Waals surface area contributed by atoms with Crippen molar-refractivity contribution in [3.05, 3.63) is 65.7 Å². The minimum absolute atomic E-state index is 0. The fraction of sp³-hybridized carbons (Fsp3) is 0.455. The van der Waals surface area contributed by atoms with Crippen molar-refractivity contribution in [3.63, 3.8) is 0 Å². The molecule has 3 nitrogen and oxygen atoms in total. The van der Waals surface area contributed by atoms with Crippen molar-refractivity contribution < 1.29 is 9.84 Å². The number of ether oxygens (including phenoxy) is 1. The highest BCUT2D eigenvalue weighted by atomic mass is 35.5. The fourth-order valence-electron chi connectivity index (χ4n) is 4.08. The molecule has 2 aromatic rings. The van der Waals surface area contributed by atoms with E-state index < -0.39 is 5.60 Å². The van der Waals surface area contributed by atoms with Gasteiger partial charge in [-0.1, -0.05) is 55.3 Å². The molecule has 0 saturated heterocycles. The summed E-state index contributed by atoms with van der Waals surface area (Å²) in [5, 5.41) is 11.6. The summed E-state index contributed by atoms with van der Waals surface area (Å²) in [4.78, 5) is 2.33. The van der Waals surface area contributed by atoms with Crippen molar-refractivity contribution in [3.8, 4) is 5.75 Å². The van der Waals surface area contributed by atoms with Gasteiger partial charge >= 0.3 is 0 Å². The van der Waals surface area contributed by atoms with Crippen molar-refractivity contribution in [2.75, 3.05) is 20.7 Å². The maximum Gasteiger partial charge on any atom is 0.119 e. The molecular weight excluding hydrogens is 346 g/mol. The molecule has 2 aromatic carbocycles. The molecule has 0 aromatic heterocycles. The van der Waals surface area contributed by atoms with Gasteiger partial charge < -0.3 is 14.7 Å². The molecule has 1 unspecified atom stereocenters. The van der Waals surface area contributed by atoms with E-state index in [1.165, 1.54) is 12.0 Å². The fourth-order valence-corrected chi connectivity index (χ4v) is 4.08. The second-order valence-electron chi connectivity index (χ2n) is 7.28. The van der Waals surface area contributed by atoms with E-state index in [-0.39, 0.29) is 18.3 Å². The van der Waals surface area contributed by atoms with Crippen LogP contribution in [0.1, 0.15) is 36.8 Å². The highest BCUT2D eigenvalue weighted by Gasteiger charge is 2.40. The SMILES string of the molecule is COc1cccc([C@@]2(O)CCCCC2CN(C)Cc2ccccc2)c1.Cl. The summed E-state index contributed by atoms with van der Waals surface area (Å²) in [6.07, 6.45) is 4.15. The lowest BCUT2D eigenvalue weighted by Gasteiger charge is -2.42.